The maximum absolute atomic E-state index is 10.6. The van der Waals surface area contributed by atoms with Crippen molar-refractivity contribution in [3.63, 3.8) is 0 Å². The van der Waals surface area contributed by atoms with E-state index in [0.29, 0.717) is 18.8 Å². The SMILES string of the molecule is CC1OCCC1(O)CNc1cnc(C(=O)O)cn1. The van der Waals surface area contributed by atoms with Crippen LogP contribution in [-0.2, 0) is 4.74 Å². The summed E-state index contributed by atoms with van der Waals surface area (Å²) in [5, 5.41) is 21.8. The molecule has 3 N–H and O–H groups in total. The highest BCUT2D eigenvalue weighted by molar-refractivity contribution is 5.84. The number of carboxylic acids is 1. The van der Waals surface area contributed by atoms with Crippen molar-refractivity contribution in [2.45, 2.75) is 25.0 Å². The Bertz CT molecular complexity index is 436. The van der Waals surface area contributed by atoms with Crippen molar-refractivity contribution in [2.75, 3.05) is 18.5 Å². The summed E-state index contributed by atoms with van der Waals surface area (Å²) in [6, 6.07) is 0. The number of rotatable bonds is 4. The fourth-order valence-electron chi connectivity index (χ4n) is 1.78. The van der Waals surface area contributed by atoms with Gasteiger partial charge in [0.05, 0.1) is 18.5 Å². The van der Waals surface area contributed by atoms with Crippen LogP contribution in [0.1, 0.15) is 23.8 Å². The molecule has 0 bridgehead atoms. The molecule has 0 aliphatic carbocycles. The molecule has 7 heteroatoms. The van der Waals surface area contributed by atoms with Crippen molar-refractivity contribution in [2.24, 2.45) is 0 Å². The van der Waals surface area contributed by atoms with E-state index in [4.69, 9.17) is 9.84 Å². The van der Waals surface area contributed by atoms with E-state index >= 15 is 0 Å². The zero-order valence-corrected chi connectivity index (χ0v) is 9.96. The standard InChI is InChI=1S/C11H15N3O4/c1-7-11(17,2-3-18-7)6-14-9-5-12-8(4-13-9)10(15)16/h4-5,7,17H,2-3,6H2,1H3,(H,13,14)(H,15,16). The van der Waals surface area contributed by atoms with Crippen molar-refractivity contribution < 1.29 is 19.7 Å². The molecule has 1 aliphatic heterocycles. The highest BCUT2D eigenvalue weighted by Crippen LogP contribution is 2.25. The average molecular weight is 253 g/mol. The molecular formula is C11H15N3O4. The van der Waals surface area contributed by atoms with Gasteiger partial charge in [-0.3, -0.25) is 0 Å². The van der Waals surface area contributed by atoms with E-state index in [1.807, 2.05) is 6.92 Å². The lowest BCUT2D eigenvalue weighted by Crippen LogP contribution is -2.43. The second-order valence-corrected chi connectivity index (χ2v) is 4.31. The molecule has 1 aromatic rings. The quantitative estimate of drug-likeness (QED) is 0.700. The molecule has 0 saturated carbocycles. The summed E-state index contributed by atoms with van der Waals surface area (Å²) in [5.41, 5.74) is -1.04. The van der Waals surface area contributed by atoms with Crippen LogP contribution in [-0.4, -0.2) is 51.0 Å². The third kappa shape index (κ3) is 2.57. The molecular weight excluding hydrogens is 238 g/mol. The van der Waals surface area contributed by atoms with E-state index < -0.39 is 11.6 Å². The molecule has 1 fully saturated rings. The summed E-state index contributed by atoms with van der Waals surface area (Å²) in [5.74, 6) is -0.696. The number of hydrogen-bond donors (Lipinski definition) is 3. The van der Waals surface area contributed by atoms with E-state index in [-0.39, 0.29) is 18.3 Å². The highest BCUT2D eigenvalue weighted by atomic mass is 16.5. The number of aromatic nitrogens is 2. The lowest BCUT2D eigenvalue weighted by Gasteiger charge is -2.26. The number of anilines is 1. The second kappa shape index (κ2) is 4.87. The second-order valence-electron chi connectivity index (χ2n) is 4.31. The molecule has 2 atom stereocenters. The number of hydrogen-bond acceptors (Lipinski definition) is 6. The van der Waals surface area contributed by atoms with Gasteiger partial charge in [0.2, 0.25) is 0 Å². The summed E-state index contributed by atoms with van der Waals surface area (Å²) >= 11 is 0. The predicted octanol–water partition coefficient (Wildman–Crippen LogP) is 0.127. The first-order valence-corrected chi connectivity index (χ1v) is 5.64. The van der Waals surface area contributed by atoms with E-state index in [0.717, 1.165) is 0 Å². The molecule has 0 spiro atoms. The van der Waals surface area contributed by atoms with E-state index in [2.05, 4.69) is 15.3 Å². The Morgan fingerprint density at radius 2 is 2.39 bits per heavy atom. The molecule has 18 heavy (non-hydrogen) atoms. The first kappa shape index (κ1) is 12.7. The number of nitrogens with one attached hydrogen (secondary N) is 1. The van der Waals surface area contributed by atoms with Crippen molar-refractivity contribution in [3.05, 3.63) is 18.1 Å². The molecule has 1 aliphatic rings. The largest absolute Gasteiger partial charge is 0.476 e. The maximum atomic E-state index is 10.6. The Kier molecular flexibility index (Phi) is 3.44. The van der Waals surface area contributed by atoms with Crippen LogP contribution in [0.15, 0.2) is 12.4 Å². The minimum atomic E-state index is -1.12. The van der Waals surface area contributed by atoms with E-state index in [9.17, 15) is 9.90 Å². The zero-order valence-electron chi connectivity index (χ0n) is 9.96. The molecule has 0 radical (unpaired) electrons. The topological polar surface area (TPSA) is 105 Å². The van der Waals surface area contributed by atoms with Crippen molar-refractivity contribution in [1.82, 2.24) is 9.97 Å². The fraction of sp³-hybridized carbons (Fsp3) is 0.545. The van der Waals surface area contributed by atoms with Crippen LogP contribution in [0.5, 0.6) is 0 Å². The smallest absolute Gasteiger partial charge is 0.356 e. The number of ether oxygens (including phenoxy) is 1. The Hall–Kier alpha value is -1.73. The van der Waals surface area contributed by atoms with Gasteiger partial charge >= 0.3 is 5.97 Å². The molecule has 98 valence electrons. The molecule has 1 saturated heterocycles. The van der Waals surface area contributed by atoms with Gasteiger partial charge in [-0.2, -0.15) is 0 Å². The average Bonchev–Trinajstić information content (AvgIpc) is 2.68. The van der Waals surface area contributed by atoms with Crippen LogP contribution in [0.3, 0.4) is 0 Å². The lowest BCUT2D eigenvalue weighted by atomic mass is 9.97. The van der Waals surface area contributed by atoms with Crippen LogP contribution < -0.4 is 5.32 Å². The fourth-order valence-corrected chi connectivity index (χ4v) is 1.78. The van der Waals surface area contributed by atoms with Crippen molar-refractivity contribution >= 4 is 11.8 Å². The van der Waals surface area contributed by atoms with Crippen LogP contribution in [0.2, 0.25) is 0 Å². The molecule has 2 unspecified atom stereocenters. The van der Waals surface area contributed by atoms with Gasteiger partial charge in [0.1, 0.15) is 11.4 Å². The van der Waals surface area contributed by atoms with Gasteiger partial charge < -0.3 is 20.3 Å². The molecule has 7 nitrogen and oxygen atoms in total. The minimum absolute atomic E-state index is 0.114. The van der Waals surface area contributed by atoms with Gasteiger partial charge in [-0.15, -0.1) is 0 Å². The monoisotopic (exact) mass is 253 g/mol. The van der Waals surface area contributed by atoms with Crippen LogP contribution in [0, 0.1) is 0 Å². The lowest BCUT2D eigenvalue weighted by molar-refractivity contribution is -0.0176. The molecule has 0 aromatic carbocycles. The van der Waals surface area contributed by atoms with E-state index in [1.165, 1.54) is 12.4 Å². The zero-order chi connectivity index (χ0) is 13.2. The Morgan fingerprint density at radius 3 is 2.89 bits per heavy atom. The third-order valence-corrected chi connectivity index (χ3v) is 3.11. The Morgan fingerprint density at radius 1 is 1.61 bits per heavy atom. The van der Waals surface area contributed by atoms with Crippen molar-refractivity contribution in [3.8, 4) is 0 Å². The molecule has 1 aromatic heterocycles. The molecule has 2 rings (SSSR count). The molecule has 0 amide bonds. The first-order chi connectivity index (χ1) is 8.51. The van der Waals surface area contributed by atoms with Crippen LogP contribution in [0.25, 0.3) is 0 Å². The Labute approximate surface area is 104 Å². The van der Waals surface area contributed by atoms with Gasteiger partial charge in [0, 0.05) is 19.6 Å². The van der Waals surface area contributed by atoms with Gasteiger partial charge in [-0.05, 0) is 6.92 Å². The van der Waals surface area contributed by atoms with Gasteiger partial charge in [-0.1, -0.05) is 0 Å². The highest BCUT2D eigenvalue weighted by Gasteiger charge is 2.39. The number of aliphatic hydroxyl groups is 1. The summed E-state index contributed by atoms with van der Waals surface area (Å²) in [7, 11) is 0. The summed E-state index contributed by atoms with van der Waals surface area (Å²) < 4.78 is 5.30. The molecule has 2 heterocycles. The number of carboxylic acid groups (broad SMARTS) is 1. The van der Waals surface area contributed by atoms with Crippen molar-refractivity contribution in [1.29, 1.82) is 0 Å². The van der Waals surface area contributed by atoms with Crippen LogP contribution >= 0.6 is 0 Å². The maximum Gasteiger partial charge on any atom is 0.356 e. The predicted molar refractivity (Wildman–Crippen MR) is 62.5 cm³/mol. The third-order valence-electron chi connectivity index (χ3n) is 3.11. The first-order valence-electron chi connectivity index (χ1n) is 5.64. The number of aromatic carboxylic acids is 1. The summed E-state index contributed by atoms with van der Waals surface area (Å²) in [4.78, 5) is 18.2. The van der Waals surface area contributed by atoms with Gasteiger partial charge in [0.15, 0.2) is 5.69 Å². The normalized spacial score (nSPS) is 27.1. The van der Waals surface area contributed by atoms with E-state index in [1.54, 1.807) is 0 Å². The number of nitrogens with zero attached hydrogens (tertiary/aromatic N) is 2. The Balaban J connectivity index is 1.96. The summed E-state index contributed by atoms with van der Waals surface area (Å²) in [6.07, 6.45) is 2.81. The van der Waals surface area contributed by atoms with Gasteiger partial charge in [0.25, 0.3) is 0 Å². The van der Waals surface area contributed by atoms with Gasteiger partial charge in [-0.25, -0.2) is 14.8 Å². The van der Waals surface area contributed by atoms with Crippen LogP contribution in [0.4, 0.5) is 5.82 Å². The summed E-state index contributed by atoms with van der Waals surface area (Å²) in [6.45, 7) is 2.63. The minimum Gasteiger partial charge on any atom is -0.476 e. The number of carbonyl (C=O) groups is 1.